The van der Waals surface area contributed by atoms with Crippen LogP contribution in [-0.2, 0) is 65.4 Å². The fourth-order valence-electron chi connectivity index (χ4n) is 10.4. The van der Waals surface area contributed by atoms with Crippen molar-refractivity contribution in [1.29, 1.82) is 0 Å². The summed E-state index contributed by atoms with van der Waals surface area (Å²) in [5.74, 6) is -2.22. The molecule has 3 N–H and O–H groups in total. The molecule has 0 saturated carbocycles. The number of carbonyl (C=O) groups is 4. The van der Waals surface area contributed by atoms with E-state index in [1.807, 2.05) is 12.2 Å². The number of phosphoric ester groups is 2. The van der Waals surface area contributed by atoms with Crippen LogP contribution < -0.4 is 0 Å². The molecule has 96 heavy (non-hydrogen) atoms. The van der Waals surface area contributed by atoms with E-state index in [4.69, 9.17) is 37.0 Å². The number of hydrogen-bond donors (Lipinski definition) is 3. The van der Waals surface area contributed by atoms with Crippen LogP contribution >= 0.6 is 15.6 Å². The van der Waals surface area contributed by atoms with Gasteiger partial charge in [0.05, 0.1) is 26.4 Å². The van der Waals surface area contributed by atoms with Crippen molar-refractivity contribution in [2.75, 3.05) is 39.6 Å². The van der Waals surface area contributed by atoms with Crippen LogP contribution in [0, 0.1) is 0 Å². The number of unbranched alkanes of at least 4 members (excludes halogenated alkanes) is 34. The molecule has 0 aliphatic heterocycles. The summed E-state index contributed by atoms with van der Waals surface area (Å²) in [5, 5.41) is 10.6. The van der Waals surface area contributed by atoms with Gasteiger partial charge in [-0.25, -0.2) is 9.13 Å². The summed E-state index contributed by atoms with van der Waals surface area (Å²) in [6.07, 6.45) is 69.0. The lowest BCUT2D eigenvalue weighted by Gasteiger charge is -2.21. The zero-order chi connectivity index (χ0) is 70.4. The maximum atomic E-state index is 13.1. The molecule has 0 aliphatic rings. The molecule has 0 radical (unpaired) electrons. The van der Waals surface area contributed by atoms with E-state index in [9.17, 15) is 43.2 Å². The van der Waals surface area contributed by atoms with Crippen LogP contribution in [0.4, 0.5) is 0 Å². The monoisotopic (exact) mass is 1400 g/mol. The Morgan fingerprint density at radius 1 is 0.302 bits per heavy atom. The molecule has 558 valence electrons. The number of rotatable bonds is 72. The highest BCUT2D eigenvalue weighted by atomic mass is 31.2. The Hall–Kier alpha value is -3.50. The average Bonchev–Trinajstić information content (AvgIpc) is 2.18. The minimum absolute atomic E-state index is 0.0755. The summed E-state index contributed by atoms with van der Waals surface area (Å²) in [5.41, 5.74) is 0. The van der Waals surface area contributed by atoms with Crippen molar-refractivity contribution in [1.82, 2.24) is 0 Å². The Labute approximate surface area is 583 Å². The molecular weight excluding hydrogens is 1260 g/mol. The van der Waals surface area contributed by atoms with Gasteiger partial charge in [0, 0.05) is 25.7 Å². The van der Waals surface area contributed by atoms with Crippen molar-refractivity contribution in [2.45, 2.75) is 354 Å². The maximum Gasteiger partial charge on any atom is 0.472 e. The van der Waals surface area contributed by atoms with Crippen LogP contribution in [0.3, 0.4) is 0 Å². The van der Waals surface area contributed by atoms with Gasteiger partial charge >= 0.3 is 39.5 Å². The Bertz CT molecular complexity index is 2110. The molecule has 0 fully saturated rings. The van der Waals surface area contributed by atoms with E-state index in [-0.39, 0.29) is 25.7 Å². The van der Waals surface area contributed by atoms with Crippen LogP contribution in [0.2, 0.25) is 0 Å². The molecule has 0 aromatic heterocycles. The van der Waals surface area contributed by atoms with Crippen molar-refractivity contribution in [3.05, 3.63) is 72.9 Å². The van der Waals surface area contributed by atoms with Gasteiger partial charge in [-0.3, -0.25) is 37.3 Å². The first-order valence-corrected chi connectivity index (χ1v) is 41.2. The van der Waals surface area contributed by atoms with Gasteiger partial charge in [0.1, 0.15) is 19.3 Å². The Morgan fingerprint density at radius 2 is 0.552 bits per heavy atom. The molecule has 0 spiro atoms. The second-order valence-corrected chi connectivity index (χ2v) is 28.5. The molecule has 17 nitrogen and oxygen atoms in total. The second kappa shape index (κ2) is 70.0. The molecule has 0 aromatic rings. The molecule has 5 atom stereocenters. The lowest BCUT2D eigenvalue weighted by atomic mass is 10.0. The number of phosphoric acid groups is 2. The Balaban J connectivity index is 5.36. The third-order valence-electron chi connectivity index (χ3n) is 16.2. The van der Waals surface area contributed by atoms with Crippen LogP contribution in [0.1, 0.15) is 336 Å². The smallest absolute Gasteiger partial charge is 0.462 e. The van der Waals surface area contributed by atoms with Crippen molar-refractivity contribution >= 4 is 39.5 Å². The lowest BCUT2D eigenvalue weighted by molar-refractivity contribution is -0.161. The van der Waals surface area contributed by atoms with Gasteiger partial charge in [-0.15, -0.1) is 0 Å². The van der Waals surface area contributed by atoms with Gasteiger partial charge in [0.2, 0.25) is 0 Å². The molecule has 19 heteroatoms. The van der Waals surface area contributed by atoms with E-state index < -0.39 is 97.5 Å². The van der Waals surface area contributed by atoms with Gasteiger partial charge in [0.25, 0.3) is 0 Å². The summed E-state index contributed by atoms with van der Waals surface area (Å²) in [7, 11) is -9.95. The molecule has 0 amide bonds. The van der Waals surface area contributed by atoms with E-state index in [1.165, 1.54) is 135 Å². The lowest BCUT2D eigenvalue weighted by Crippen LogP contribution is -2.30. The van der Waals surface area contributed by atoms with Gasteiger partial charge in [0.15, 0.2) is 12.2 Å². The number of carbonyl (C=O) groups excluding carboxylic acids is 4. The standard InChI is InChI=1S/C77H138O17P2/c1-5-9-13-17-21-25-29-32-34-35-37-39-43-46-50-54-58-62-75(80)88-68-73(94-77(82)64-60-56-52-48-44-40-36-33-30-26-22-18-14-10-6-2)70-92-96(85,86)90-66-71(78)65-89-95(83,84)91-69-72(93-76(81)63-59-55-51-47-41-28-24-20-16-12-8-4)67-87-74(79)61-57-53-49-45-42-38-31-27-23-19-15-11-7-3/h9,13,21,25,32-34,36-37,39,46,50,71-73,78H,5-8,10-12,14-20,22-24,26-31,35,38,40-45,47-49,51-70H2,1-4H3,(H,83,84)(H,85,86)/b13-9-,25-21-,34-32-,36-33-,39-37-,50-46-. The van der Waals surface area contributed by atoms with Gasteiger partial charge in [-0.2, -0.15) is 0 Å². The van der Waals surface area contributed by atoms with E-state index in [0.717, 1.165) is 116 Å². The van der Waals surface area contributed by atoms with Crippen LogP contribution in [-0.4, -0.2) is 96.7 Å². The number of aliphatic hydroxyl groups is 1. The van der Waals surface area contributed by atoms with Crippen molar-refractivity contribution in [3.8, 4) is 0 Å². The normalized spacial score (nSPS) is 14.4. The summed E-state index contributed by atoms with van der Waals surface area (Å²) in [4.78, 5) is 72.7. The second-order valence-electron chi connectivity index (χ2n) is 25.6. The third-order valence-corrected chi connectivity index (χ3v) is 18.1. The van der Waals surface area contributed by atoms with Crippen molar-refractivity contribution in [3.63, 3.8) is 0 Å². The molecule has 5 unspecified atom stereocenters. The molecular formula is C77H138O17P2. The zero-order valence-corrected chi connectivity index (χ0v) is 62.6. The van der Waals surface area contributed by atoms with Crippen LogP contribution in [0.15, 0.2) is 72.9 Å². The van der Waals surface area contributed by atoms with Crippen LogP contribution in [0.25, 0.3) is 0 Å². The highest BCUT2D eigenvalue weighted by Crippen LogP contribution is 2.45. The fourth-order valence-corrected chi connectivity index (χ4v) is 11.9. The minimum Gasteiger partial charge on any atom is -0.462 e. The highest BCUT2D eigenvalue weighted by Gasteiger charge is 2.30. The summed E-state index contributed by atoms with van der Waals surface area (Å²) >= 11 is 0. The topological polar surface area (TPSA) is 237 Å². The van der Waals surface area contributed by atoms with Gasteiger partial charge in [-0.1, -0.05) is 293 Å². The van der Waals surface area contributed by atoms with Crippen LogP contribution in [0.5, 0.6) is 0 Å². The molecule has 0 aliphatic carbocycles. The predicted octanol–water partition coefficient (Wildman–Crippen LogP) is 21.7. The number of esters is 4. The number of ether oxygens (including phenoxy) is 4. The predicted molar refractivity (Wildman–Crippen MR) is 390 cm³/mol. The van der Waals surface area contributed by atoms with Gasteiger partial charge < -0.3 is 33.8 Å². The highest BCUT2D eigenvalue weighted by molar-refractivity contribution is 7.47. The van der Waals surface area contributed by atoms with E-state index in [1.54, 1.807) is 0 Å². The molecule has 0 saturated heterocycles. The average molecular weight is 1400 g/mol. The third kappa shape index (κ3) is 69.0. The molecule has 0 rings (SSSR count). The number of aliphatic hydroxyl groups excluding tert-OH is 1. The fraction of sp³-hybridized carbons (Fsp3) is 0.792. The Kier molecular flexibility index (Phi) is 67.4. The minimum atomic E-state index is -4.98. The van der Waals surface area contributed by atoms with E-state index in [2.05, 4.69) is 88.5 Å². The molecule has 0 aromatic carbocycles. The molecule has 0 bridgehead atoms. The van der Waals surface area contributed by atoms with E-state index in [0.29, 0.717) is 32.1 Å². The number of hydrogen-bond acceptors (Lipinski definition) is 15. The summed E-state index contributed by atoms with van der Waals surface area (Å²) < 4.78 is 68.4. The summed E-state index contributed by atoms with van der Waals surface area (Å²) in [6, 6.07) is 0. The quantitative estimate of drug-likeness (QED) is 0.0169. The van der Waals surface area contributed by atoms with Gasteiger partial charge in [-0.05, 0) is 89.9 Å². The number of allylic oxidation sites excluding steroid dienone is 12. The largest absolute Gasteiger partial charge is 0.472 e. The zero-order valence-electron chi connectivity index (χ0n) is 60.8. The Morgan fingerprint density at radius 3 is 0.885 bits per heavy atom. The first-order valence-electron chi connectivity index (χ1n) is 38.2. The summed E-state index contributed by atoms with van der Waals surface area (Å²) in [6.45, 7) is 4.72. The van der Waals surface area contributed by atoms with Crippen molar-refractivity contribution < 1.29 is 80.2 Å². The SMILES string of the molecule is CC/C=C\C/C=C\C/C=C\C/C=C\C/C=C\CCCC(=O)OCC(COP(=O)(O)OCC(O)COP(=O)(O)OCC(COC(=O)CCCCCCCCCCCCCCC)OC(=O)CCCCCCCCCCCCC)OC(=O)CCCCCCC/C=C\CCCCCCCC. The first kappa shape index (κ1) is 92.5. The maximum absolute atomic E-state index is 13.1. The van der Waals surface area contributed by atoms with E-state index >= 15 is 0 Å². The first-order chi connectivity index (χ1) is 46.7. The molecule has 0 heterocycles. The van der Waals surface area contributed by atoms with Crippen molar-refractivity contribution in [2.24, 2.45) is 0 Å².